The topological polar surface area (TPSA) is 87.3 Å². The van der Waals surface area contributed by atoms with Crippen LogP contribution in [-0.2, 0) is 27.3 Å². The maximum absolute atomic E-state index is 13.7. The van der Waals surface area contributed by atoms with Crippen molar-refractivity contribution < 1.29 is 18.7 Å². The predicted molar refractivity (Wildman–Crippen MR) is 114 cm³/mol. The van der Waals surface area contributed by atoms with Crippen molar-refractivity contribution in [1.29, 1.82) is 0 Å². The second-order valence-corrected chi connectivity index (χ2v) is 7.78. The number of carbonyl (C=O) groups is 2. The maximum Gasteiger partial charge on any atom is 0.251 e. The highest BCUT2D eigenvalue weighted by Gasteiger charge is 2.29. The summed E-state index contributed by atoms with van der Waals surface area (Å²) >= 11 is 0. The van der Waals surface area contributed by atoms with Gasteiger partial charge in [0.05, 0.1) is 31.8 Å². The lowest BCUT2D eigenvalue weighted by Gasteiger charge is -2.32. The first-order valence-corrected chi connectivity index (χ1v) is 10.3. The van der Waals surface area contributed by atoms with E-state index in [2.05, 4.69) is 15.3 Å². The number of morpholine rings is 1. The second kappa shape index (κ2) is 8.85. The number of aryl methyl sites for hydroxylation is 2. The third kappa shape index (κ3) is 4.59. The van der Waals surface area contributed by atoms with E-state index in [0.717, 1.165) is 28.0 Å². The second-order valence-electron chi connectivity index (χ2n) is 7.78. The normalized spacial score (nSPS) is 16.5. The number of ether oxygens (including phenoxy) is 1. The third-order valence-corrected chi connectivity index (χ3v) is 5.67. The van der Waals surface area contributed by atoms with Crippen LogP contribution < -0.4 is 5.32 Å². The van der Waals surface area contributed by atoms with Crippen LogP contribution in [0.3, 0.4) is 0 Å². The number of pyridine rings is 1. The Hall–Kier alpha value is -3.26. The molecule has 1 atom stereocenters. The summed E-state index contributed by atoms with van der Waals surface area (Å²) in [5.41, 5.74) is 4.20. The number of carbonyl (C=O) groups excluding carboxylic acids is 2. The quantitative estimate of drug-likeness (QED) is 0.659. The number of benzene rings is 1. The molecule has 1 unspecified atom stereocenters. The van der Waals surface area contributed by atoms with Gasteiger partial charge in [-0.15, -0.1) is 0 Å². The molecule has 3 aromatic rings. The molecule has 2 N–H and O–H groups in total. The van der Waals surface area contributed by atoms with Crippen LogP contribution >= 0.6 is 0 Å². The van der Waals surface area contributed by atoms with E-state index in [0.29, 0.717) is 18.5 Å². The molecule has 0 saturated carbocycles. The fraction of sp³-hybridized carbons (Fsp3) is 0.348. The zero-order valence-electron chi connectivity index (χ0n) is 17.6. The van der Waals surface area contributed by atoms with Crippen LogP contribution in [0.4, 0.5) is 4.39 Å². The monoisotopic (exact) mass is 424 g/mol. The number of aromatic nitrogens is 2. The number of halogens is 1. The highest BCUT2D eigenvalue weighted by atomic mass is 19.1. The first-order valence-electron chi connectivity index (χ1n) is 10.3. The Labute approximate surface area is 179 Å². The van der Waals surface area contributed by atoms with E-state index in [1.165, 1.54) is 12.1 Å². The van der Waals surface area contributed by atoms with Gasteiger partial charge in [-0.25, -0.2) is 4.39 Å². The molecule has 1 fully saturated rings. The van der Waals surface area contributed by atoms with E-state index in [4.69, 9.17) is 4.74 Å². The van der Waals surface area contributed by atoms with Gasteiger partial charge in [-0.05, 0) is 49.2 Å². The van der Waals surface area contributed by atoms with Crippen LogP contribution in [0, 0.1) is 19.7 Å². The Morgan fingerprint density at radius 2 is 2.16 bits per heavy atom. The predicted octanol–water partition coefficient (Wildman–Crippen LogP) is 2.41. The molecule has 1 aliphatic heterocycles. The molecular weight excluding hydrogens is 399 g/mol. The first kappa shape index (κ1) is 21.0. The Morgan fingerprint density at radius 3 is 2.97 bits per heavy atom. The molecule has 0 radical (unpaired) electrons. The van der Waals surface area contributed by atoms with E-state index in [1.54, 1.807) is 17.2 Å². The van der Waals surface area contributed by atoms with Crippen LogP contribution in [0.25, 0.3) is 10.9 Å². The zero-order chi connectivity index (χ0) is 22.0. The van der Waals surface area contributed by atoms with Crippen molar-refractivity contribution >= 4 is 22.7 Å². The SMILES string of the molecule is Cc1cccnc1CNC(=O)C1CN(C(=O)Cc2c(C)[nH]c3ccc(F)cc23)CCO1. The summed E-state index contributed by atoms with van der Waals surface area (Å²) in [5.74, 6) is -0.728. The molecule has 7 nitrogen and oxygen atoms in total. The van der Waals surface area contributed by atoms with Gasteiger partial charge in [0.2, 0.25) is 5.91 Å². The van der Waals surface area contributed by atoms with E-state index >= 15 is 0 Å². The van der Waals surface area contributed by atoms with Crippen molar-refractivity contribution in [3.05, 3.63) is 64.9 Å². The molecule has 0 spiro atoms. The minimum atomic E-state index is -0.733. The Kier molecular flexibility index (Phi) is 5.99. The largest absolute Gasteiger partial charge is 0.365 e. The summed E-state index contributed by atoms with van der Waals surface area (Å²) in [4.78, 5) is 34.6. The molecule has 162 valence electrons. The number of nitrogens with zero attached hydrogens (tertiary/aromatic N) is 2. The Balaban J connectivity index is 1.40. The zero-order valence-corrected chi connectivity index (χ0v) is 17.6. The summed E-state index contributed by atoms with van der Waals surface area (Å²) in [7, 11) is 0. The van der Waals surface area contributed by atoms with Gasteiger partial charge in [0, 0.05) is 29.3 Å². The highest BCUT2D eigenvalue weighted by Crippen LogP contribution is 2.24. The number of hydrogen-bond donors (Lipinski definition) is 2. The van der Waals surface area contributed by atoms with Gasteiger partial charge >= 0.3 is 0 Å². The summed E-state index contributed by atoms with van der Waals surface area (Å²) in [5, 5.41) is 3.55. The standard InChI is InChI=1S/C23H25FN4O3/c1-14-4-3-7-25-20(14)12-26-23(30)21-13-28(8-9-31-21)22(29)11-17-15(2)27-19-6-5-16(24)10-18(17)19/h3-7,10,21,27H,8-9,11-13H2,1-2H3,(H,26,30). The van der Waals surface area contributed by atoms with Crippen LogP contribution in [0.15, 0.2) is 36.5 Å². The van der Waals surface area contributed by atoms with Crippen LogP contribution in [0.2, 0.25) is 0 Å². The summed E-state index contributed by atoms with van der Waals surface area (Å²) in [6, 6.07) is 8.28. The van der Waals surface area contributed by atoms with Gasteiger partial charge in [0.15, 0.2) is 6.10 Å². The fourth-order valence-electron chi connectivity index (χ4n) is 3.87. The molecule has 1 aromatic carbocycles. The molecule has 2 aromatic heterocycles. The first-order chi connectivity index (χ1) is 14.9. The smallest absolute Gasteiger partial charge is 0.251 e. The van der Waals surface area contributed by atoms with Crippen molar-refractivity contribution in [2.24, 2.45) is 0 Å². The van der Waals surface area contributed by atoms with Gasteiger partial charge < -0.3 is 19.9 Å². The molecule has 4 rings (SSSR count). The van der Waals surface area contributed by atoms with Crippen molar-refractivity contribution in [2.45, 2.75) is 32.9 Å². The molecule has 8 heteroatoms. The van der Waals surface area contributed by atoms with Gasteiger partial charge in [-0.1, -0.05) is 6.07 Å². The number of fused-ring (bicyclic) bond motifs is 1. The van der Waals surface area contributed by atoms with Gasteiger partial charge in [-0.3, -0.25) is 14.6 Å². The van der Waals surface area contributed by atoms with E-state index in [1.807, 2.05) is 26.0 Å². The third-order valence-electron chi connectivity index (χ3n) is 5.67. The number of H-pyrrole nitrogens is 1. The molecule has 2 amide bonds. The lowest BCUT2D eigenvalue weighted by molar-refractivity contribution is -0.146. The molecular formula is C23H25FN4O3. The molecule has 0 bridgehead atoms. The molecule has 1 aliphatic rings. The van der Waals surface area contributed by atoms with Crippen molar-refractivity contribution in [2.75, 3.05) is 19.7 Å². The molecule has 31 heavy (non-hydrogen) atoms. The fourth-order valence-corrected chi connectivity index (χ4v) is 3.87. The number of amides is 2. The average molecular weight is 424 g/mol. The van der Waals surface area contributed by atoms with E-state index in [9.17, 15) is 14.0 Å². The molecule has 0 aliphatic carbocycles. The van der Waals surface area contributed by atoms with Gasteiger partial charge in [0.25, 0.3) is 5.91 Å². The van der Waals surface area contributed by atoms with E-state index < -0.39 is 6.10 Å². The Morgan fingerprint density at radius 1 is 1.32 bits per heavy atom. The summed E-state index contributed by atoms with van der Waals surface area (Å²) < 4.78 is 19.3. The average Bonchev–Trinajstić information content (AvgIpc) is 3.07. The number of aromatic amines is 1. The van der Waals surface area contributed by atoms with Crippen molar-refractivity contribution in [3.63, 3.8) is 0 Å². The van der Waals surface area contributed by atoms with Crippen molar-refractivity contribution in [1.82, 2.24) is 20.2 Å². The molecule has 1 saturated heterocycles. The minimum Gasteiger partial charge on any atom is -0.365 e. The number of nitrogens with one attached hydrogen (secondary N) is 2. The molecule has 3 heterocycles. The van der Waals surface area contributed by atoms with Crippen LogP contribution in [-0.4, -0.2) is 52.5 Å². The van der Waals surface area contributed by atoms with E-state index in [-0.39, 0.29) is 37.2 Å². The lowest BCUT2D eigenvalue weighted by Crippen LogP contribution is -2.51. The minimum absolute atomic E-state index is 0.116. The maximum atomic E-state index is 13.7. The number of hydrogen-bond acceptors (Lipinski definition) is 4. The summed E-state index contributed by atoms with van der Waals surface area (Å²) in [6.45, 7) is 4.99. The van der Waals surface area contributed by atoms with Crippen LogP contribution in [0.1, 0.15) is 22.5 Å². The lowest BCUT2D eigenvalue weighted by atomic mass is 10.1. The Bertz CT molecular complexity index is 1130. The van der Waals surface area contributed by atoms with Gasteiger partial charge in [-0.2, -0.15) is 0 Å². The summed E-state index contributed by atoms with van der Waals surface area (Å²) in [6.07, 6.45) is 1.09. The highest BCUT2D eigenvalue weighted by molar-refractivity contribution is 5.90. The number of rotatable bonds is 5. The van der Waals surface area contributed by atoms with Gasteiger partial charge in [0.1, 0.15) is 5.82 Å². The van der Waals surface area contributed by atoms with Crippen LogP contribution in [0.5, 0.6) is 0 Å². The van der Waals surface area contributed by atoms with Crippen molar-refractivity contribution in [3.8, 4) is 0 Å².